The van der Waals surface area contributed by atoms with Crippen molar-refractivity contribution in [3.8, 4) is 0 Å². The van der Waals surface area contributed by atoms with Crippen LogP contribution in [0.15, 0.2) is 16.7 Å². The van der Waals surface area contributed by atoms with Gasteiger partial charge in [-0.05, 0) is 53.6 Å². The number of aromatic nitrogens is 1. The number of fused-ring (bicyclic) bond motifs is 1. The SMILES string of the molecule is Nc1cnc(N2CCCC3CCCCC32)c(Br)c1. The van der Waals surface area contributed by atoms with Gasteiger partial charge in [-0.25, -0.2) is 4.98 Å². The van der Waals surface area contributed by atoms with E-state index in [-0.39, 0.29) is 0 Å². The molecule has 0 bridgehead atoms. The predicted octanol–water partition coefficient (Wildman–Crippen LogP) is 3.59. The van der Waals surface area contributed by atoms with E-state index in [4.69, 9.17) is 5.73 Å². The monoisotopic (exact) mass is 309 g/mol. The molecule has 1 saturated heterocycles. The zero-order valence-electron chi connectivity index (χ0n) is 10.6. The zero-order chi connectivity index (χ0) is 12.5. The lowest BCUT2D eigenvalue weighted by atomic mass is 9.78. The zero-order valence-corrected chi connectivity index (χ0v) is 12.2. The van der Waals surface area contributed by atoms with E-state index in [9.17, 15) is 0 Å². The molecule has 1 aliphatic heterocycles. The Balaban J connectivity index is 1.89. The number of anilines is 2. The van der Waals surface area contributed by atoms with Crippen LogP contribution in [0.2, 0.25) is 0 Å². The Morgan fingerprint density at radius 3 is 2.83 bits per heavy atom. The fraction of sp³-hybridized carbons (Fsp3) is 0.643. The molecular weight excluding hydrogens is 290 g/mol. The van der Waals surface area contributed by atoms with Gasteiger partial charge in [0.15, 0.2) is 0 Å². The van der Waals surface area contributed by atoms with Gasteiger partial charge in [0.05, 0.1) is 16.4 Å². The Morgan fingerprint density at radius 1 is 1.22 bits per heavy atom. The minimum absolute atomic E-state index is 0.694. The number of piperidine rings is 1. The van der Waals surface area contributed by atoms with Gasteiger partial charge in [0.25, 0.3) is 0 Å². The van der Waals surface area contributed by atoms with Crippen molar-refractivity contribution < 1.29 is 0 Å². The van der Waals surface area contributed by atoms with Gasteiger partial charge < -0.3 is 10.6 Å². The fourth-order valence-corrected chi connectivity index (χ4v) is 4.14. The van der Waals surface area contributed by atoms with Crippen LogP contribution in [0.4, 0.5) is 11.5 Å². The van der Waals surface area contributed by atoms with Crippen molar-refractivity contribution in [1.82, 2.24) is 4.98 Å². The normalized spacial score (nSPS) is 27.9. The molecule has 0 amide bonds. The number of nitrogens with zero attached hydrogens (tertiary/aromatic N) is 2. The van der Waals surface area contributed by atoms with Crippen LogP contribution in [-0.4, -0.2) is 17.6 Å². The average Bonchev–Trinajstić information content (AvgIpc) is 2.38. The van der Waals surface area contributed by atoms with Crippen molar-refractivity contribution in [3.63, 3.8) is 0 Å². The highest BCUT2D eigenvalue weighted by Crippen LogP contribution is 2.39. The van der Waals surface area contributed by atoms with Gasteiger partial charge in [-0.15, -0.1) is 0 Å². The number of nitrogen functional groups attached to an aromatic ring is 1. The first-order valence-corrected chi connectivity index (χ1v) is 7.72. The molecule has 1 aromatic rings. The van der Waals surface area contributed by atoms with Crippen LogP contribution in [0.1, 0.15) is 38.5 Å². The van der Waals surface area contributed by atoms with Gasteiger partial charge >= 0.3 is 0 Å². The van der Waals surface area contributed by atoms with Gasteiger partial charge in [-0.2, -0.15) is 0 Å². The highest BCUT2D eigenvalue weighted by atomic mass is 79.9. The van der Waals surface area contributed by atoms with E-state index in [0.717, 1.165) is 28.4 Å². The Kier molecular flexibility index (Phi) is 3.46. The van der Waals surface area contributed by atoms with Crippen LogP contribution in [0, 0.1) is 5.92 Å². The molecule has 2 aliphatic rings. The lowest BCUT2D eigenvalue weighted by molar-refractivity contribution is 0.242. The standard InChI is InChI=1S/C14H20BrN3/c15-12-8-11(16)9-17-14(12)18-7-3-5-10-4-1-2-6-13(10)18/h8-10,13H,1-7,16H2. The second-order valence-corrected chi connectivity index (χ2v) is 6.38. The van der Waals surface area contributed by atoms with Crippen molar-refractivity contribution >= 4 is 27.4 Å². The Morgan fingerprint density at radius 2 is 2.00 bits per heavy atom. The number of hydrogen-bond donors (Lipinski definition) is 1. The molecule has 2 N–H and O–H groups in total. The molecule has 1 saturated carbocycles. The molecule has 2 atom stereocenters. The topological polar surface area (TPSA) is 42.1 Å². The quantitative estimate of drug-likeness (QED) is 0.862. The molecular formula is C14H20BrN3. The van der Waals surface area contributed by atoms with Crippen LogP contribution in [0.3, 0.4) is 0 Å². The second kappa shape index (κ2) is 5.08. The Hall–Kier alpha value is -0.770. The van der Waals surface area contributed by atoms with E-state index in [0.29, 0.717) is 6.04 Å². The molecule has 2 heterocycles. The van der Waals surface area contributed by atoms with Gasteiger partial charge in [0.2, 0.25) is 0 Å². The summed E-state index contributed by atoms with van der Waals surface area (Å²) in [5.74, 6) is 1.96. The summed E-state index contributed by atoms with van der Waals surface area (Å²) in [6, 6.07) is 2.66. The molecule has 1 aromatic heterocycles. The van der Waals surface area contributed by atoms with E-state index >= 15 is 0 Å². The second-order valence-electron chi connectivity index (χ2n) is 5.52. The minimum atomic E-state index is 0.694. The third kappa shape index (κ3) is 2.22. The van der Waals surface area contributed by atoms with Gasteiger partial charge in [0.1, 0.15) is 5.82 Å². The first kappa shape index (κ1) is 12.3. The molecule has 2 unspecified atom stereocenters. The van der Waals surface area contributed by atoms with E-state index in [1.165, 1.54) is 38.5 Å². The van der Waals surface area contributed by atoms with E-state index in [1.807, 2.05) is 6.07 Å². The first-order valence-electron chi connectivity index (χ1n) is 6.93. The third-order valence-corrected chi connectivity index (χ3v) is 4.94. The van der Waals surface area contributed by atoms with Crippen LogP contribution in [0.5, 0.6) is 0 Å². The molecule has 0 aromatic carbocycles. The molecule has 3 nitrogen and oxygen atoms in total. The molecule has 1 aliphatic carbocycles. The highest BCUT2D eigenvalue weighted by molar-refractivity contribution is 9.10. The third-order valence-electron chi connectivity index (χ3n) is 4.36. The van der Waals surface area contributed by atoms with Crippen molar-refractivity contribution in [1.29, 1.82) is 0 Å². The molecule has 18 heavy (non-hydrogen) atoms. The average molecular weight is 310 g/mol. The minimum Gasteiger partial charge on any atom is -0.397 e. The van der Waals surface area contributed by atoms with Gasteiger partial charge in [-0.3, -0.25) is 0 Å². The van der Waals surface area contributed by atoms with Gasteiger partial charge in [0, 0.05) is 12.6 Å². The maximum absolute atomic E-state index is 5.78. The summed E-state index contributed by atoms with van der Waals surface area (Å²) in [5.41, 5.74) is 6.50. The fourth-order valence-electron chi connectivity index (χ4n) is 3.54. The van der Waals surface area contributed by atoms with E-state index in [2.05, 4.69) is 25.8 Å². The van der Waals surface area contributed by atoms with Crippen molar-refractivity contribution in [2.24, 2.45) is 5.92 Å². The largest absolute Gasteiger partial charge is 0.397 e. The van der Waals surface area contributed by atoms with Crippen molar-refractivity contribution in [3.05, 3.63) is 16.7 Å². The van der Waals surface area contributed by atoms with E-state index < -0.39 is 0 Å². The van der Waals surface area contributed by atoms with Crippen molar-refractivity contribution in [2.75, 3.05) is 17.2 Å². The summed E-state index contributed by atoms with van der Waals surface area (Å²) >= 11 is 3.62. The Labute approximate surface area is 117 Å². The molecule has 98 valence electrons. The number of nitrogens with two attached hydrogens (primary N) is 1. The molecule has 2 fully saturated rings. The molecule has 0 radical (unpaired) electrons. The van der Waals surface area contributed by atoms with Crippen LogP contribution < -0.4 is 10.6 Å². The molecule has 3 rings (SSSR count). The summed E-state index contributed by atoms with van der Waals surface area (Å²) in [6.45, 7) is 1.14. The summed E-state index contributed by atoms with van der Waals surface area (Å²) in [4.78, 5) is 7.06. The maximum Gasteiger partial charge on any atom is 0.143 e. The number of hydrogen-bond acceptors (Lipinski definition) is 3. The van der Waals surface area contributed by atoms with E-state index in [1.54, 1.807) is 6.20 Å². The Bertz CT molecular complexity index is 433. The summed E-state index contributed by atoms with van der Waals surface area (Å²) in [6.07, 6.45) is 9.95. The lowest BCUT2D eigenvalue weighted by Gasteiger charge is -2.45. The van der Waals surface area contributed by atoms with Crippen LogP contribution in [-0.2, 0) is 0 Å². The van der Waals surface area contributed by atoms with Gasteiger partial charge in [-0.1, -0.05) is 12.8 Å². The highest BCUT2D eigenvalue weighted by Gasteiger charge is 2.34. The number of halogens is 1. The van der Waals surface area contributed by atoms with Crippen LogP contribution >= 0.6 is 15.9 Å². The molecule has 0 spiro atoms. The summed E-state index contributed by atoms with van der Waals surface area (Å²) in [5, 5.41) is 0. The number of rotatable bonds is 1. The summed E-state index contributed by atoms with van der Waals surface area (Å²) < 4.78 is 1.04. The smallest absolute Gasteiger partial charge is 0.143 e. The first-order chi connectivity index (χ1) is 8.75. The maximum atomic E-state index is 5.78. The van der Waals surface area contributed by atoms with Crippen molar-refractivity contribution in [2.45, 2.75) is 44.6 Å². The summed E-state index contributed by atoms with van der Waals surface area (Å²) in [7, 11) is 0. The predicted molar refractivity (Wildman–Crippen MR) is 78.7 cm³/mol. The molecule has 4 heteroatoms. The van der Waals surface area contributed by atoms with Crippen LogP contribution in [0.25, 0.3) is 0 Å². The number of pyridine rings is 1. The lowest BCUT2D eigenvalue weighted by Crippen LogP contribution is -2.47.